The van der Waals surface area contributed by atoms with Crippen molar-refractivity contribution in [1.29, 1.82) is 0 Å². The van der Waals surface area contributed by atoms with Crippen LogP contribution in [0.3, 0.4) is 0 Å². The lowest BCUT2D eigenvalue weighted by atomic mass is 10.0. The summed E-state index contributed by atoms with van der Waals surface area (Å²) in [5, 5.41) is 23.0. The number of carbonyl (C=O) groups is 3. The molecule has 3 rings (SSSR count). The number of ether oxygens (including phenoxy) is 1. The molecule has 11 heteroatoms. The molecule has 0 aliphatic rings. The number of nitrogens with zero attached hydrogens (tertiary/aromatic N) is 3. The number of alkyl carbamates (subject to hydrolysis) is 1. The van der Waals surface area contributed by atoms with Crippen molar-refractivity contribution in [1.82, 2.24) is 25.6 Å². The first-order valence-corrected chi connectivity index (χ1v) is 11.1. The Morgan fingerprint density at radius 1 is 1.03 bits per heavy atom. The van der Waals surface area contributed by atoms with E-state index in [1.165, 1.54) is 10.9 Å². The number of primary amides is 1. The summed E-state index contributed by atoms with van der Waals surface area (Å²) in [6.45, 7) is 0.351. The molecule has 0 spiro atoms. The van der Waals surface area contributed by atoms with Gasteiger partial charge in [-0.25, -0.2) is 19.1 Å². The Labute approximate surface area is 202 Å². The number of nitrogens with two attached hydrogens (primary N) is 1. The Hall–Kier alpha value is -4.41. The predicted molar refractivity (Wildman–Crippen MR) is 126 cm³/mol. The molecule has 0 saturated heterocycles. The first kappa shape index (κ1) is 25.2. The summed E-state index contributed by atoms with van der Waals surface area (Å²) in [4.78, 5) is 35.2. The number of hydrogen-bond acceptors (Lipinski definition) is 6. The van der Waals surface area contributed by atoms with Gasteiger partial charge in [0.2, 0.25) is 0 Å². The molecule has 35 heavy (non-hydrogen) atoms. The van der Waals surface area contributed by atoms with Crippen LogP contribution < -0.4 is 16.4 Å². The molecule has 0 aliphatic carbocycles. The van der Waals surface area contributed by atoms with Gasteiger partial charge < -0.3 is 26.2 Å². The zero-order valence-corrected chi connectivity index (χ0v) is 19.0. The topological polar surface area (TPSA) is 161 Å². The Morgan fingerprint density at radius 3 is 2.31 bits per heavy atom. The van der Waals surface area contributed by atoms with E-state index < -0.39 is 30.2 Å². The number of carboxylic acids is 1. The molecule has 184 valence electrons. The molecule has 0 bridgehead atoms. The fraction of sp³-hybridized carbons (Fsp3) is 0.292. The highest BCUT2D eigenvalue weighted by atomic mass is 16.5. The predicted octanol–water partition coefficient (Wildman–Crippen LogP) is 2.56. The van der Waals surface area contributed by atoms with Crippen molar-refractivity contribution in [2.24, 2.45) is 5.73 Å². The Bertz CT molecular complexity index is 1110. The second kappa shape index (κ2) is 12.7. The number of aromatic nitrogens is 3. The molecule has 2 atom stereocenters. The van der Waals surface area contributed by atoms with Crippen molar-refractivity contribution in [2.75, 3.05) is 6.54 Å². The van der Waals surface area contributed by atoms with Gasteiger partial charge in [-0.05, 0) is 30.4 Å². The SMILES string of the molecule is NC(=O)NCCC[C@@H](C(=O)O)n1cc([C@H](Cc2ccccc2)NC(=O)OCc2ccccc2)nn1. The number of carboxylic acid groups (broad SMARTS) is 1. The molecule has 5 N–H and O–H groups in total. The third kappa shape index (κ3) is 8.14. The minimum absolute atomic E-state index is 0.109. The zero-order chi connectivity index (χ0) is 25.0. The van der Waals surface area contributed by atoms with Crippen LogP contribution in [-0.2, 0) is 22.6 Å². The first-order chi connectivity index (χ1) is 16.9. The Morgan fingerprint density at radius 2 is 1.69 bits per heavy atom. The van der Waals surface area contributed by atoms with Crippen LogP contribution in [0.15, 0.2) is 66.9 Å². The number of nitrogens with one attached hydrogen (secondary N) is 2. The highest BCUT2D eigenvalue weighted by Crippen LogP contribution is 2.20. The average molecular weight is 481 g/mol. The fourth-order valence-electron chi connectivity index (χ4n) is 3.46. The van der Waals surface area contributed by atoms with Gasteiger partial charge in [-0.3, -0.25) is 0 Å². The van der Waals surface area contributed by atoms with Gasteiger partial charge in [0, 0.05) is 6.54 Å². The van der Waals surface area contributed by atoms with Crippen LogP contribution in [0.4, 0.5) is 9.59 Å². The van der Waals surface area contributed by atoms with Gasteiger partial charge in [-0.2, -0.15) is 0 Å². The van der Waals surface area contributed by atoms with E-state index in [1.54, 1.807) is 0 Å². The molecular weight excluding hydrogens is 452 g/mol. The van der Waals surface area contributed by atoms with Crippen molar-refractivity contribution in [2.45, 2.75) is 38.0 Å². The van der Waals surface area contributed by atoms with E-state index >= 15 is 0 Å². The van der Waals surface area contributed by atoms with E-state index in [0.717, 1.165) is 11.1 Å². The van der Waals surface area contributed by atoms with E-state index in [1.807, 2.05) is 60.7 Å². The maximum Gasteiger partial charge on any atom is 0.408 e. The van der Waals surface area contributed by atoms with Crippen molar-refractivity contribution in [3.63, 3.8) is 0 Å². The summed E-state index contributed by atoms with van der Waals surface area (Å²) >= 11 is 0. The molecule has 0 fully saturated rings. The molecule has 0 aliphatic heterocycles. The van der Waals surface area contributed by atoms with Crippen LogP contribution >= 0.6 is 0 Å². The summed E-state index contributed by atoms with van der Waals surface area (Å²) in [5.41, 5.74) is 7.23. The molecule has 1 aromatic heterocycles. The highest BCUT2D eigenvalue weighted by Gasteiger charge is 2.25. The van der Waals surface area contributed by atoms with E-state index in [0.29, 0.717) is 18.5 Å². The van der Waals surface area contributed by atoms with E-state index in [9.17, 15) is 19.5 Å². The number of urea groups is 1. The second-order valence-electron chi connectivity index (χ2n) is 7.86. The van der Waals surface area contributed by atoms with Gasteiger partial charge in [-0.15, -0.1) is 5.10 Å². The molecule has 0 saturated carbocycles. The average Bonchev–Trinajstić information content (AvgIpc) is 3.33. The van der Waals surface area contributed by atoms with E-state index in [2.05, 4.69) is 20.9 Å². The Kier molecular flexibility index (Phi) is 9.17. The van der Waals surface area contributed by atoms with Crippen LogP contribution in [0.2, 0.25) is 0 Å². The lowest BCUT2D eigenvalue weighted by molar-refractivity contribution is -0.141. The second-order valence-corrected chi connectivity index (χ2v) is 7.86. The van der Waals surface area contributed by atoms with Crippen molar-refractivity contribution >= 4 is 18.1 Å². The molecule has 11 nitrogen and oxygen atoms in total. The molecule has 3 aromatic rings. The first-order valence-electron chi connectivity index (χ1n) is 11.1. The van der Waals surface area contributed by atoms with E-state index in [4.69, 9.17) is 10.5 Å². The summed E-state index contributed by atoms with van der Waals surface area (Å²) < 4.78 is 6.60. The van der Waals surface area contributed by atoms with Crippen LogP contribution in [0.5, 0.6) is 0 Å². The monoisotopic (exact) mass is 480 g/mol. The number of aliphatic carboxylic acids is 1. The normalized spacial score (nSPS) is 12.3. The van der Waals surface area contributed by atoms with Crippen molar-refractivity contribution < 1.29 is 24.2 Å². The number of hydrogen-bond donors (Lipinski definition) is 4. The van der Waals surface area contributed by atoms with Crippen LogP contribution in [0.1, 0.15) is 41.7 Å². The summed E-state index contributed by atoms with van der Waals surface area (Å²) in [5.74, 6) is -1.09. The quantitative estimate of drug-likeness (QED) is 0.290. The summed E-state index contributed by atoms with van der Waals surface area (Å²) in [6, 6.07) is 16.5. The molecule has 0 radical (unpaired) electrons. The largest absolute Gasteiger partial charge is 0.480 e. The number of rotatable bonds is 12. The third-order valence-electron chi connectivity index (χ3n) is 5.23. The summed E-state index contributed by atoms with van der Waals surface area (Å²) in [7, 11) is 0. The van der Waals surface area contributed by atoms with Gasteiger partial charge >= 0.3 is 18.1 Å². The molecule has 3 amide bonds. The van der Waals surface area contributed by atoms with Crippen LogP contribution in [0.25, 0.3) is 0 Å². The minimum atomic E-state index is -1.09. The number of benzene rings is 2. The van der Waals surface area contributed by atoms with Crippen molar-refractivity contribution in [3.05, 3.63) is 83.7 Å². The van der Waals surface area contributed by atoms with Crippen LogP contribution in [-0.4, -0.2) is 44.7 Å². The maximum atomic E-state index is 12.5. The van der Waals surface area contributed by atoms with Gasteiger partial charge in [0.15, 0.2) is 6.04 Å². The highest BCUT2D eigenvalue weighted by molar-refractivity contribution is 5.72. The smallest absolute Gasteiger partial charge is 0.408 e. The van der Waals surface area contributed by atoms with Gasteiger partial charge in [0.1, 0.15) is 12.3 Å². The van der Waals surface area contributed by atoms with Gasteiger partial charge in [-0.1, -0.05) is 65.9 Å². The molecule has 2 aromatic carbocycles. The van der Waals surface area contributed by atoms with Gasteiger partial charge in [0.05, 0.1) is 12.2 Å². The minimum Gasteiger partial charge on any atom is -0.480 e. The maximum absolute atomic E-state index is 12.5. The van der Waals surface area contributed by atoms with Crippen LogP contribution in [0, 0.1) is 0 Å². The summed E-state index contributed by atoms with van der Waals surface area (Å²) in [6.07, 6.45) is 1.86. The Balaban J connectivity index is 1.71. The molecular formula is C24H28N6O5. The molecule has 1 heterocycles. The molecule has 0 unspecified atom stereocenters. The van der Waals surface area contributed by atoms with Crippen molar-refractivity contribution in [3.8, 4) is 0 Å². The standard InChI is InChI=1S/C24H28N6O5/c25-23(33)26-13-7-12-21(22(31)32)30-15-20(28-29-30)19(14-17-8-3-1-4-9-17)27-24(34)35-16-18-10-5-2-6-11-18/h1-6,8-11,15,19,21H,7,12-14,16H2,(H,27,34)(H,31,32)(H3,25,26,33)/t19-,21-/m0/s1. The lowest BCUT2D eigenvalue weighted by Gasteiger charge is -2.17. The third-order valence-corrected chi connectivity index (χ3v) is 5.23. The number of carbonyl (C=O) groups excluding carboxylic acids is 2. The zero-order valence-electron chi connectivity index (χ0n) is 19.0. The van der Waals surface area contributed by atoms with Gasteiger partial charge in [0.25, 0.3) is 0 Å². The lowest BCUT2D eigenvalue weighted by Crippen LogP contribution is -2.31. The van der Waals surface area contributed by atoms with E-state index in [-0.39, 0.29) is 19.6 Å². The number of amides is 3. The fourth-order valence-corrected chi connectivity index (χ4v) is 3.46.